The van der Waals surface area contributed by atoms with Gasteiger partial charge in [-0.3, -0.25) is 19.3 Å². The van der Waals surface area contributed by atoms with E-state index in [2.05, 4.69) is 62.1 Å². The van der Waals surface area contributed by atoms with Crippen LogP contribution in [0.15, 0.2) is 53.5 Å². The van der Waals surface area contributed by atoms with Crippen molar-refractivity contribution in [2.75, 3.05) is 0 Å². The number of rotatable bonds is 8. The smallest absolute Gasteiger partial charge is 0.275 e. The average Bonchev–Trinajstić information content (AvgIpc) is 3.23. The first kappa shape index (κ1) is 32.0. The molecule has 1 aromatic heterocycles. The summed E-state index contributed by atoms with van der Waals surface area (Å²) in [5, 5.41) is 10.3. The Morgan fingerprint density at radius 1 is 1.09 bits per heavy atom. The number of amides is 2. The number of halogens is 1. The van der Waals surface area contributed by atoms with Crippen LogP contribution in [0.5, 0.6) is 0 Å². The van der Waals surface area contributed by atoms with E-state index in [1.54, 1.807) is 4.68 Å². The van der Waals surface area contributed by atoms with Crippen LogP contribution < -0.4 is 5.32 Å². The third-order valence-electron chi connectivity index (χ3n) is 9.46. The normalized spacial score (nSPS) is 21.5. The molecule has 2 N–H and O–H groups in total. The molecule has 236 valence electrons. The number of hydrogen-bond donors (Lipinski definition) is 2. The van der Waals surface area contributed by atoms with E-state index >= 15 is 0 Å². The summed E-state index contributed by atoms with van der Waals surface area (Å²) in [5.74, 6) is 1.14. The van der Waals surface area contributed by atoms with Crippen molar-refractivity contribution in [2.45, 2.75) is 98.3 Å². The van der Waals surface area contributed by atoms with Gasteiger partial charge >= 0.3 is 0 Å². The van der Waals surface area contributed by atoms with E-state index < -0.39 is 5.66 Å². The third-order valence-corrected chi connectivity index (χ3v) is 9.69. The first-order valence-corrected chi connectivity index (χ1v) is 16.2. The molecule has 1 spiro atoms. The van der Waals surface area contributed by atoms with Crippen LogP contribution in [0.25, 0.3) is 0 Å². The van der Waals surface area contributed by atoms with E-state index in [0.29, 0.717) is 28.8 Å². The molecule has 1 atom stereocenters. The van der Waals surface area contributed by atoms with Crippen LogP contribution in [0, 0.1) is 16.7 Å². The Bertz CT molecular complexity index is 1510. The number of nitrogens with one attached hydrogen (secondary N) is 2. The molecule has 2 aromatic carbocycles. The Hall–Kier alpha value is -3.39. The van der Waals surface area contributed by atoms with Crippen LogP contribution >= 0.6 is 11.6 Å². The summed E-state index contributed by atoms with van der Waals surface area (Å²) in [7, 11) is 1.85. The van der Waals surface area contributed by atoms with Crippen molar-refractivity contribution in [3.63, 3.8) is 0 Å². The number of aromatic amines is 1. The Balaban J connectivity index is 1.49. The molecule has 5 rings (SSSR count). The highest BCUT2D eigenvalue weighted by molar-refractivity contribution is 6.47. The van der Waals surface area contributed by atoms with Crippen molar-refractivity contribution in [2.24, 2.45) is 28.8 Å². The molecule has 0 unspecified atom stereocenters. The molecule has 3 aromatic rings. The fourth-order valence-corrected chi connectivity index (χ4v) is 6.87. The van der Waals surface area contributed by atoms with Gasteiger partial charge in [-0.15, -0.1) is 5.10 Å². The van der Waals surface area contributed by atoms with Crippen molar-refractivity contribution in [1.29, 1.82) is 0 Å². The van der Waals surface area contributed by atoms with E-state index in [0.717, 1.165) is 55.5 Å². The van der Waals surface area contributed by atoms with Crippen LogP contribution in [-0.4, -0.2) is 43.1 Å². The topological polar surface area (TPSA) is 95.4 Å². The minimum atomic E-state index is -0.612. The first-order valence-electron chi connectivity index (χ1n) is 15.8. The van der Waals surface area contributed by atoms with E-state index in [1.165, 1.54) is 0 Å². The molecule has 2 aliphatic rings. The molecular formula is C35H47ClN6O2. The van der Waals surface area contributed by atoms with Gasteiger partial charge in [0.15, 0.2) is 5.82 Å². The standard InChI is InChI=1S/C35H47ClN6O2/c1-33(2,3)18-17-28(23-11-13-24(14-12-23)31(43)37-22-29-39-40-41(29)7)42-32(44)30(25-9-8-10-27(36)21-25)38-35(42)19-15-26(16-20-35)34(4,5)6/h8-14,21,26,28,40H,15-20,22H2,1-7H3,(H,37,43)/t26?,28-,35?/m1/s1. The van der Waals surface area contributed by atoms with Gasteiger partial charge in [-0.2, -0.15) is 0 Å². The predicted molar refractivity (Wildman–Crippen MR) is 176 cm³/mol. The minimum absolute atomic E-state index is 0.0405. The molecule has 9 heteroatoms. The number of carbonyl (C=O) groups is 2. The zero-order valence-electron chi connectivity index (χ0n) is 27.2. The highest BCUT2D eigenvalue weighted by atomic mass is 35.5. The minimum Gasteiger partial charge on any atom is -0.345 e. The van der Waals surface area contributed by atoms with Crippen molar-refractivity contribution < 1.29 is 9.59 Å². The summed E-state index contributed by atoms with van der Waals surface area (Å²) >= 11 is 6.39. The lowest BCUT2D eigenvalue weighted by Gasteiger charge is -2.47. The Labute approximate surface area is 266 Å². The molecule has 8 nitrogen and oxygen atoms in total. The van der Waals surface area contributed by atoms with Gasteiger partial charge < -0.3 is 10.2 Å². The first-order chi connectivity index (χ1) is 20.7. The fraction of sp³-hybridized carbons (Fsp3) is 0.543. The molecule has 1 aliphatic heterocycles. The number of aliphatic imine (C=N–C) groups is 1. The number of aromatic nitrogens is 3. The summed E-state index contributed by atoms with van der Waals surface area (Å²) in [5.41, 5.74) is 2.53. The zero-order chi connectivity index (χ0) is 31.9. The number of aryl methyl sites for hydroxylation is 1. The number of nitrogens with zero attached hydrogens (tertiary/aromatic N) is 4. The molecule has 1 saturated carbocycles. The Kier molecular flexibility index (Phi) is 8.87. The van der Waals surface area contributed by atoms with Crippen LogP contribution in [0.3, 0.4) is 0 Å². The second-order valence-corrected chi connectivity index (χ2v) is 15.3. The van der Waals surface area contributed by atoms with Crippen LogP contribution in [-0.2, 0) is 18.4 Å². The van der Waals surface area contributed by atoms with Gasteiger partial charge in [-0.25, -0.2) is 5.21 Å². The molecule has 0 saturated heterocycles. The second kappa shape index (κ2) is 12.2. The average molecular weight is 619 g/mol. The molecule has 44 heavy (non-hydrogen) atoms. The van der Waals surface area contributed by atoms with E-state index in [1.807, 2.05) is 55.6 Å². The fourth-order valence-electron chi connectivity index (χ4n) is 6.68. The Morgan fingerprint density at radius 3 is 2.32 bits per heavy atom. The summed E-state index contributed by atoms with van der Waals surface area (Å²) in [6.07, 6.45) is 5.40. The number of carbonyl (C=O) groups excluding carboxylic acids is 2. The molecular weight excluding hydrogens is 572 g/mol. The van der Waals surface area contributed by atoms with Crippen LogP contribution in [0.2, 0.25) is 5.02 Å². The SMILES string of the molecule is Cn1[nH]nc1CNC(=O)c1ccc([C@@H](CCC(C)(C)C)N2C(=O)C(c3cccc(Cl)c3)=NC23CCC(C(C)(C)C)CC3)cc1. The van der Waals surface area contributed by atoms with Gasteiger partial charge in [-0.05, 0) is 85.1 Å². The molecule has 0 radical (unpaired) electrons. The quantitative estimate of drug-likeness (QED) is 0.274. The number of H-pyrrole nitrogens is 1. The van der Waals surface area contributed by atoms with Gasteiger partial charge in [0, 0.05) is 23.2 Å². The highest BCUT2D eigenvalue weighted by Gasteiger charge is 2.52. The second-order valence-electron chi connectivity index (χ2n) is 14.9. The van der Waals surface area contributed by atoms with Crippen molar-refractivity contribution in [1.82, 2.24) is 25.2 Å². The maximum absolute atomic E-state index is 14.6. The summed E-state index contributed by atoms with van der Waals surface area (Å²) < 4.78 is 1.76. The summed E-state index contributed by atoms with van der Waals surface area (Å²) in [6, 6.07) is 15.0. The predicted octanol–water partition coefficient (Wildman–Crippen LogP) is 7.46. The van der Waals surface area contributed by atoms with Crippen molar-refractivity contribution in [3.05, 3.63) is 76.1 Å². The highest BCUT2D eigenvalue weighted by Crippen LogP contribution is 2.50. The maximum atomic E-state index is 14.6. The third kappa shape index (κ3) is 6.80. The van der Waals surface area contributed by atoms with E-state index in [4.69, 9.17) is 16.6 Å². The zero-order valence-corrected chi connectivity index (χ0v) is 28.0. The van der Waals surface area contributed by atoms with Crippen LogP contribution in [0.1, 0.15) is 113 Å². The Morgan fingerprint density at radius 2 is 1.77 bits per heavy atom. The lowest BCUT2D eigenvalue weighted by atomic mass is 9.69. The molecule has 1 aliphatic carbocycles. The number of benzene rings is 2. The molecule has 0 bridgehead atoms. The molecule has 1 fully saturated rings. The van der Waals surface area contributed by atoms with Crippen molar-refractivity contribution >= 4 is 29.1 Å². The lowest BCUT2D eigenvalue weighted by Crippen LogP contribution is -2.51. The van der Waals surface area contributed by atoms with Crippen molar-refractivity contribution in [3.8, 4) is 0 Å². The monoisotopic (exact) mass is 618 g/mol. The number of hydrogen-bond acceptors (Lipinski definition) is 4. The van der Waals surface area contributed by atoms with Gasteiger partial charge in [0.1, 0.15) is 11.4 Å². The van der Waals surface area contributed by atoms with E-state index in [9.17, 15) is 9.59 Å². The van der Waals surface area contributed by atoms with E-state index in [-0.39, 0.29) is 28.7 Å². The molecule has 2 amide bonds. The summed E-state index contributed by atoms with van der Waals surface area (Å²) in [4.78, 5) is 34.9. The van der Waals surface area contributed by atoms with Crippen LogP contribution in [0.4, 0.5) is 0 Å². The largest absolute Gasteiger partial charge is 0.345 e. The van der Waals surface area contributed by atoms with Gasteiger partial charge in [0.05, 0.1) is 12.6 Å². The summed E-state index contributed by atoms with van der Waals surface area (Å²) in [6.45, 7) is 14.0. The molecule has 2 heterocycles. The van der Waals surface area contributed by atoms with Gasteiger partial charge in [0.2, 0.25) is 0 Å². The maximum Gasteiger partial charge on any atom is 0.275 e. The van der Waals surface area contributed by atoms with Gasteiger partial charge in [0.25, 0.3) is 11.8 Å². The van der Waals surface area contributed by atoms with Gasteiger partial charge in [-0.1, -0.05) is 77.4 Å². The lowest BCUT2D eigenvalue weighted by molar-refractivity contribution is -0.134.